The molecule has 2 rings (SSSR count). The van der Waals surface area contributed by atoms with E-state index in [1.807, 2.05) is 0 Å². The maximum Gasteiger partial charge on any atom is 0.325 e. The quantitative estimate of drug-likeness (QED) is 0.582. The summed E-state index contributed by atoms with van der Waals surface area (Å²) in [6, 6.07) is 6.94. The second-order valence-electron chi connectivity index (χ2n) is 4.79. The van der Waals surface area contributed by atoms with E-state index in [-0.39, 0.29) is 18.5 Å². The summed E-state index contributed by atoms with van der Waals surface area (Å²) in [6.45, 7) is 2.05. The van der Waals surface area contributed by atoms with Gasteiger partial charge in [0.25, 0.3) is 0 Å². The number of rotatable bonds is 6. The molecule has 1 aromatic carbocycles. The molecule has 0 aliphatic carbocycles. The Balaban J connectivity index is 1.89. The Morgan fingerprint density at radius 3 is 2.71 bits per heavy atom. The van der Waals surface area contributed by atoms with Crippen LogP contribution in [0.3, 0.4) is 0 Å². The molecule has 0 saturated carbocycles. The molecular formula is C14H20N4O3. The molecule has 7 heteroatoms. The number of benzene rings is 1. The third-order valence-electron chi connectivity index (χ3n) is 3.26. The summed E-state index contributed by atoms with van der Waals surface area (Å²) < 4.78 is 4.85. The van der Waals surface area contributed by atoms with Crippen molar-refractivity contribution in [3.05, 3.63) is 24.3 Å². The number of ether oxygens (including phenoxy) is 1. The Hall–Kier alpha value is -2.28. The van der Waals surface area contributed by atoms with E-state index in [1.54, 1.807) is 36.3 Å². The van der Waals surface area contributed by atoms with Crippen molar-refractivity contribution in [3.8, 4) is 0 Å². The monoisotopic (exact) mass is 292 g/mol. The zero-order chi connectivity index (χ0) is 15.2. The molecule has 3 N–H and O–H groups in total. The van der Waals surface area contributed by atoms with Crippen LogP contribution in [-0.4, -0.2) is 56.7 Å². The summed E-state index contributed by atoms with van der Waals surface area (Å²) >= 11 is 0. The molecule has 114 valence electrons. The average molecular weight is 292 g/mol. The zero-order valence-electron chi connectivity index (χ0n) is 12.0. The third kappa shape index (κ3) is 3.85. The lowest BCUT2D eigenvalue weighted by Gasteiger charge is -2.18. The first-order valence-electron chi connectivity index (χ1n) is 6.79. The van der Waals surface area contributed by atoms with Crippen molar-refractivity contribution < 1.29 is 14.3 Å². The molecule has 1 aromatic rings. The lowest BCUT2D eigenvalue weighted by Crippen LogP contribution is -2.40. The van der Waals surface area contributed by atoms with Gasteiger partial charge in [0.15, 0.2) is 0 Å². The molecule has 21 heavy (non-hydrogen) atoms. The highest BCUT2D eigenvalue weighted by Crippen LogP contribution is 2.21. The molecule has 0 bridgehead atoms. The van der Waals surface area contributed by atoms with Gasteiger partial charge in [-0.1, -0.05) is 0 Å². The van der Waals surface area contributed by atoms with Crippen molar-refractivity contribution in [2.24, 2.45) is 0 Å². The predicted octanol–water partition coefficient (Wildman–Crippen LogP) is 0.273. The standard InChI is InChI=1S/C14H20N4O3/c1-21-9-6-16-13(19)10-17-7-8-18(14(17)20)12-4-2-11(15)3-5-12/h2-5H,6-10,15H2,1H3,(H,16,19). The second kappa shape index (κ2) is 6.94. The van der Waals surface area contributed by atoms with Gasteiger partial charge in [-0.15, -0.1) is 0 Å². The molecule has 3 amide bonds. The second-order valence-corrected chi connectivity index (χ2v) is 4.79. The smallest absolute Gasteiger partial charge is 0.325 e. The number of hydrogen-bond donors (Lipinski definition) is 2. The van der Waals surface area contributed by atoms with E-state index in [1.165, 1.54) is 4.90 Å². The summed E-state index contributed by atoms with van der Waals surface area (Å²) in [7, 11) is 1.57. The number of nitrogens with zero attached hydrogens (tertiary/aromatic N) is 2. The van der Waals surface area contributed by atoms with Crippen LogP contribution in [0.1, 0.15) is 0 Å². The molecule has 0 radical (unpaired) electrons. The summed E-state index contributed by atoms with van der Waals surface area (Å²) in [5, 5.41) is 2.70. The van der Waals surface area contributed by atoms with Crippen LogP contribution < -0.4 is 16.0 Å². The number of amides is 3. The first kappa shape index (κ1) is 15.1. The van der Waals surface area contributed by atoms with E-state index in [2.05, 4.69) is 5.32 Å². The number of nitrogens with one attached hydrogen (secondary N) is 1. The van der Waals surface area contributed by atoms with Gasteiger partial charge in [0, 0.05) is 38.1 Å². The Kier molecular flexibility index (Phi) is 4.99. The van der Waals surface area contributed by atoms with Gasteiger partial charge in [0.1, 0.15) is 6.54 Å². The highest BCUT2D eigenvalue weighted by molar-refractivity contribution is 5.96. The highest BCUT2D eigenvalue weighted by atomic mass is 16.5. The van der Waals surface area contributed by atoms with Gasteiger partial charge < -0.3 is 20.7 Å². The van der Waals surface area contributed by atoms with Crippen LogP contribution in [0.15, 0.2) is 24.3 Å². The van der Waals surface area contributed by atoms with Crippen molar-refractivity contribution in [2.75, 3.05) is 50.5 Å². The zero-order valence-corrected chi connectivity index (χ0v) is 12.0. The molecule has 0 aromatic heterocycles. The van der Waals surface area contributed by atoms with Crippen LogP contribution >= 0.6 is 0 Å². The molecule has 1 saturated heterocycles. The fourth-order valence-electron chi connectivity index (χ4n) is 2.14. The minimum Gasteiger partial charge on any atom is -0.399 e. The van der Waals surface area contributed by atoms with Gasteiger partial charge in [0.05, 0.1) is 6.61 Å². The van der Waals surface area contributed by atoms with Crippen LogP contribution in [0.5, 0.6) is 0 Å². The lowest BCUT2D eigenvalue weighted by molar-refractivity contribution is -0.121. The van der Waals surface area contributed by atoms with Crippen molar-refractivity contribution in [1.29, 1.82) is 0 Å². The Bertz CT molecular complexity index is 503. The third-order valence-corrected chi connectivity index (χ3v) is 3.26. The Morgan fingerprint density at radius 1 is 1.33 bits per heavy atom. The number of carbonyl (C=O) groups is 2. The molecule has 1 fully saturated rings. The van der Waals surface area contributed by atoms with Gasteiger partial charge in [-0.3, -0.25) is 9.69 Å². The van der Waals surface area contributed by atoms with Crippen LogP contribution in [0.4, 0.5) is 16.2 Å². The molecule has 0 spiro atoms. The van der Waals surface area contributed by atoms with Crippen LogP contribution in [-0.2, 0) is 9.53 Å². The first-order valence-corrected chi connectivity index (χ1v) is 6.79. The molecule has 7 nitrogen and oxygen atoms in total. The molecule has 1 aliphatic rings. The minimum atomic E-state index is -0.181. The van der Waals surface area contributed by atoms with Gasteiger partial charge in [-0.25, -0.2) is 4.79 Å². The normalized spacial score (nSPS) is 14.6. The molecule has 1 aliphatic heterocycles. The minimum absolute atomic E-state index is 0.0635. The maximum atomic E-state index is 12.3. The van der Waals surface area contributed by atoms with E-state index >= 15 is 0 Å². The number of nitrogens with two attached hydrogens (primary N) is 1. The van der Waals surface area contributed by atoms with Gasteiger partial charge >= 0.3 is 6.03 Å². The largest absolute Gasteiger partial charge is 0.399 e. The Morgan fingerprint density at radius 2 is 2.05 bits per heavy atom. The van der Waals surface area contributed by atoms with Gasteiger partial charge in [-0.05, 0) is 24.3 Å². The molecule has 0 atom stereocenters. The van der Waals surface area contributed by atoms with Crippen molar-refractivity contribution >= 4 is 23.3 Å². The SMILES string of the molecule is COCCNC(=O)CN1CCN(c2ccc(N)cc2)C1=O. The van der Waals surface area contributed by atoms with Gasteiger partial charge in [0.2, 0.25) is 5.91 Å². The first-order chi connectivity index (χ1) is 10.1. The number of urea groups is 1. The van der Waals surface area contributed by atoms with E-state index in [9.17, 15) is 9.59 Å². The predicted molar refractivity (Wildman–Crippen MR) is 80.1 cm³/mol. The number of hydrogen-bond acceptors (Lipinski definition) is 4. The fourth-order valence-corrected chi connectivity index (χ4v) is 2.14. The fraction of sp³-hybridized carbons (Fsp3) is 0.429. The summed E-state index contributed by atoms with van der Waals surface area (Å²) in [5.41, 5.74) is 7.08. The van der Waals surface area contributed by atoms with E-state index in [0.29, 0.717) is 31.9 Å². The van der Waals surface area contributed by atoms with E-state index in [0.717, 1.165) is 5.69 Å². The van der Waals surface area contributed by atoms with Crippen LogP contribution in [0.2, 0.25) is 0 Å². The van der Waals surface area contributed by atoms with Crippen molar-refractivity contribution in [1.82, 2.24) is 10.2 Å². The maximum absolute atomic E-state index is 12.3. The topological polar surface area (TPSA) is 87.9 Å². The summed E-state index contributed by atoms with van der Waals surface area (Å²) in [5.74, 6) is -0.181. The van der Waals surface area contributed by atoms with Crippen molar-refractivity contribution in [3.63, 3.8) is 0 Å². The number of carbonyl (C=O) groups excluding carboxylic acids is 2. The molecule has 0 unspecified atom stereocenters. The lowest BCUT2D eigenvalue weighted by atomic mass is 10.2. The van der Waals surface area contributed by atoms with Crippen LogP contribution in [0, 0.1) is 0 Å². The average Bonchev–Trinajstić information content (AvgIpc) is 2.82. The van der Waals surface area contributed by atoms with Crippen molar-refractivity contribution in [2.45, 2.75) is 0 Å². The Labute approximate surface area is 123 Å². The summed E-state index contributed by atoms with van der Waals surface area (Å²) in [6.07, 6.45) is 0. The molecule has 1 heterocycles. The summed E-state index contributed by atoms with van der Waals surface area (Å²) in [4.78, 5) is 27.2. The number of methoxy groups -OCH3 is 1. The molecular weight excluding hydrogens is 272 g/mol. The highest BCUT2D eigenvalue weighted by Gasteiger charge is 2.30. The number of anilines is 2. The van der Waals surface area contributed by atoms with E-state index < -0.39 is 0 Å². The van der Waals surface area contributed by atoms with E-state index in [4.69, 9.17) is 10.5 Å². The van der Waals surface area contributed by atoms with Gasteiger partial charge in [-0.2, -0.15) is 0 Å². The number of nitrogen functional groups attached to an aromatic ring is 1. The van der Waals surface area contributed by atoms with Crippen LogP contribution in [0.25, 0.3) is 0 Å².